The van der Waals surface area contributed by atoms with E-state index >= 15 is 0 Å². The molecular weight excluding hydrogens is 218 g/mol. The van der Waals surface area contributed by atoms with Crippen LogP contribution in [0.15, 0.2) is 12.4 Å². The zero-order valence-corrected chi connectivity index (χ0v) is 10.0. The van der Waals surface area contributed by atoms with Crippen LogP contribution in [-0.4, -0.2) is 30.6 Å². The Labute approximate surface area is 99.1 Å². The molecule has 0 radical (unpaired) electrons. The first kappa shape index (κ1) is 11.6. The van der Waals surface area contributed by atoms with Gasteiger partial charge in [-0.2, -0.15) is 5.21 Å². The average Bonchev–Trinajstić information content (AvgIpc) is 2.82. The third-order valence-corrected chi connectivity index (χ3v) is 2.58. The largest absolute Gasteiger partial charge is 0.299 e. The van der Waals surface area contributed by atoms with Crippen LogP contribution in [-0.2, 0) is 0 Å². The predicted molar refractivity (Wildman–Crippen MR) is 60.9 cm³/mol. The van der Waals surface area contributed by atoms with Crippen molar-refractivity contribution in [2.24, 2.45) is 0 Å². The third kappa shape index (κ3) is 2.62. The van der Waals surface area contributed by atoms with Crippen LogP contribution in [0.4, 0.5) is 0 Å². The van der Waals surface area contributed by atoms with Gasteiger partial charge in [0.25, 0.3) is 0 Å². The fraction of sp³-hybridized carbons (Fsp3) is 0.500. The molecule has 2 aromatic rings. The van der Waals surface area contributed by atoms with Gasteiger partial charge in [-0.15, -0.1) is 10.2 Å². The van der Waals surface area contributed by atoms with Gasteiger partial charge in [-0.25, -0.2) is 0 Å². The molecule has 0 saturated carbocycles. The number of aryl methyl sites for hydroxylation is 1. The van der Waals surface area contributed by atoms with Crippen molar-refractivity contribution in [3.63, 3.8) is 0 Å². The Balaban J connectivity index is 2.07. The van der Waals surface area contributed by atoms with Crippen LogP contribution in [0, 0.1) is 6.92 Å². The van der Waals surface area contributed by atoms with E-state index in [2.05, 4.69) is 35.9 Å². The van der Waals surface area contributed by atoms with E-state index in [-0.39, 0.29) is 12.1 Å². The quantitative estimate of drug-likeness (QED) is 0.808. The van der Waals surface area contributed by atoms with E-state index in [1.54, 1.807) is 12.4 Å². The summed E-state index contributed by atoms with van der Waals surface area (Å²) >= 11 is 0. The Bertz CT molecular complexity index is 467. The van der Waals surface area contributed by atoms with Gasteiger partial charge in [0.2, 0.25) is 0 Å². The lowest BCUT2D eigenvalue weighted by Gasteiger charge is -2.18. The zero-order valence-electron chi connectivity index (χ0n) is 10.0. The molecule has 0 aromatic carbocycles. The first-order valence-electron chi connectivity index (χ1n) is 5.45. The predicted octanol–water partition coefficient (Wildman–Crippen LogP) is 0.710. The monoisotopic (exact) mass is 233 g/mol. The Hall–Kier alpha value is -1.89. The number of aromatic nitrogens is 6. The summed E-state index contributed by atoms with van der Waals surface area (Å²) in [6.07, 6.45) is 3.38. The summed E-state index contributed by atoms with van der Waals surface area (Å²) in [4.78, 5) is 8.54. The van der Waals surface area contributed by atoms with Crippen LogP contribution in [0.2, 0.25) is 0 Å². The minimum Gasteiger partial charge on any atom is -0.299 e. The molecule has 0 aliphatic carbocycles. The fourth-order valence-corrected chi connectivity index (χ4v) is 1.72. The number of hydrogen-bond acceptors (Lipinski definition) is 6. The lowest BCUT2D eigenvalue weighted by Crippen LogP contribution is -2.25. The maximum atomic E-state index is 4.32. The Morgan fingerprint density at radius 2 is 1.94 bits per heavy atom. The summed E-state index contributed by atoms with van der Waals surface area (Å²) in [5.74, 6) is 0.637. The standard InChI is InChI=1S/C10H15N7/c1-6-9(12-5-4-11-6)7(2)13-8(3)10-14-16-17-15-10/h4-5,7-8,13H,1-3H3,(H,14,15,16,17). The highest BCUT2D eigenvalue weighted by Crippen LogP contribution is 2.16. The average molecular weight is 233 g/mol. The Morgan fingerprint density at radius 1 is 1.18 bits per heavy atom. The van der Waals surface area contributed by atoms with Crippen LogP contribution < -0.4 is 5.32 Å². The molecule has 2 aromatic heterocycles. The van der Waals surface area contributed by atoms with E-state index in [4.69, 9.17) is 0 Å². The molecule has 0 fully saturated rings. The van der Waals surface area contributed by atoms with Crippen molar-refractivity contribution < 1.29 is 0 Å². The lowest BCUT2D eigenvalue weighted by atomic mass is 10.1. The number of aromatic amines is 1. The van der Waals surface area contributed by atoms with Crippen molar-refractivity contribution in [2.75, 3.05) is 0 Å². The molecule has 7 nitrogen and oxygen atoms in total. The van der Waals surface area contributed by atoms with Gasteiger partial charge in [-0.3, -0.25) is 15.3 Å². The van der Waals surface area contributed by atoms with Crippen LogP contribution in [0.3, 0.4) is 0 Å². The fourth-order valence-electron chi connectivity index (χ4n) is 1.72. The molecule has 0 aliphatic rings. The van der Waals surface area contributed by atoms with E-state index in [1.165, 1.54) is 0 Å². The SMILES string of the molecule is Cc1nccnc1C(C)NC(C)c1nn[nH]n1. The van der Waals surface area contributed by atoms with Crippen molar-refractivity contribution in [3.8, 4) is 0 Å². The number of hydrogen-bond donors (Lipinski definition) is 2. The number of tetrazole rings is 1. The van der Waals surface area contributed by atoms with Crippen molar-refractivity contribution in [3.05, 3.63) is 29.6 Å². The molecule has 0 bridgehead atoms. The Morgan fingerprint density at radius 3 is 2.59 bits per heavy atom. The molecule has 2 rings (SSSR count). The van der Waals surface area contributed by atoms with E-state index in [0.717, 1.165) is 11.4 Å². The van der Waals surface area contributed by atoms with Gasteiger partial charge in [0.05, 0.1) is 17.4 Å². The molecule has 90 valence electrons. The number of nitrogens with one attached hydrogen (secondary N) is 2. The van der Waals surface area contributed by atoms with Gasteiger partial charge >= 0.3 is 0 Å². The summed E-state index contributed by atoms with van der Waals surface area (Å²) in [5.41, 5.74) is 1.86. The highest BCUT2D eigenvalue weighted by molar-refractivity contribution is 5.12. The van der Waals surface area contributed by atoms with Gasteiger partial charge in [0.15, 0.2) is 5.82 Å². The van der Waals surface area contributed by atoms with Crippen molar-refractivity contribution in [2.45, 2.75) is 32.9 Å². The second kappa shape index (κ2) is 4.96. The van der Waals surface area contributed by atoms with Crippen LogP contribution in [0.1, 0.15) is 43.1 Å². The molecule has 0 spiro atoms. The van der Waals surface area contributed by atoms with Crippen LogP contribution >= 0.6 is 0 Å². The summed E-state index contributed by atoms with van der Waals surface area (Å²) in [6, 6.07) is 0.0855. The van der Waals surface area contributed by atoms with Crippen molar-refractivity contribution >= 4 is 0 Å². The zero-order chi connectivity index (χ0) is 12.3. The van der Waals surface area contributed by atoms with E-state index in [1.807, 2.05) is 20.8 Å². The second-order valence-electron chi connectivity index (χ2n) is 3.91. The third-order valence-electron chi connectivity index (χ3n) is 2.58. The summed E-state index contributed by atoms with van der Waals surface area (Å²) in [5, 5.41) is 17.2. The number of rotatable bonds is 4. The molecule has 17 heavy (non-hydrogen) atoms. The van der Waals surface area contributed by atoms with Gasteiger partial charge in [-0.1, -0.05) is 5.21 Å². The molecule has 2 heterocycles. The van der Waals surface area contributed by atoms with E-state index < -0.39 is 0 Å². The maximum absolute atomic E-state index is 4.32. The van der Waals surface area contributed by atoms with Gasteiger partial charge in [0.1, 0.15) is 0 Å². The molecule has 7 heteroatoms. The van der Waals surface area contributed by atoms with Gasteiger partial charge in [-0.05, 0) is 20.8 Å². The highest BCUT2D eigenvalue weighted by Gasteiger charge is 2.16. The normalized spacial score (nSPS) is 14.5. The Kier molecular flexibility index (Phi) is 3.38. The topological polar surface area (TPSA) is 92.3 Å². The van der Waals surface area contributed by atoms with Crippen molar-refractivity contribution in [1.29, 1.82) is 0 Å². The summed E-state index contributed by atoms with van der Waals surface area (Å²) < 4.78 is 0. The minimum atomic E-state index is 0.00477. The van der Waals surface area contributed by atoms with Gasteiger partial charge < -0.3 is 0 Å². The highest BCUT2D eigenvalue weighted by atomic mass is 15.5. The second-order valence-corrected chi connectivity index (χ2v) is 3.91. The molecular formula is C10H15N7. The molecule has 0 amide bonds. The van der Waals surface area contributed by atoms with Crippen molar-refractivity contribution in [1.82, 2.24) is 35.9 Å². The van der Waals surface area contributed by atoms with E-state index in [9.17, 15) is 0 Å². The van der Waals surface area contributed by atoms with Crippen LogP contribution in [0.25, 0.3) is 0 Å². The summed E-state index contributed by atoms with van der Waals surface area (Å²) in [6.45, 7) is 5.96. The number of nitrogens with zero attached hydrogens (tertiary/aromatic N) is 5. The smallest absolute Gasteiger partial charge is 0.191 e. The minimum absolute atomic E-state index is 0.00477. The maximum Gasteiger partial charge on any atom is 0.191 e. The van der Waals surface area contributed by atoms with Gasteiger partial charge in [0, 0.05) is 18.4 Å². The van der Waals surface area contributed by atoms with Crippen LogP contribution in [0.5, 0.6) is 0 Å². The molecule has 2 N–H and O–H groups in total. The molecule has 2 unspecified atom stereocenters. The number of H-pyrrole nitrogens is 1. The molecule has 2 atom stereocenters. The van der Waals surface area contributed by atoms with E-state index in [0.29, 0.717) is 5.82 Å². The molecule has 0 saturated heterocycles. The first-order valence-corrected chi connectivity index (χ1v) is 5.45. The summed E-state index contributed by atoms with van der Waals surface area (Å²) in [7, 11) is 0. The molecule has 0 aliphatic heterocycles. The first-order chi connectivity index (χ1) is 8.18. The lowest BCUT2D eigenvalue weighted by molar-refractivity contribution is 0.466.